The molecule has 2 atom stereocenters. The molecule has 0 radical (unpaired) electrons. The highest BCUT2D eigenvalue weighted by atomic mass is 79.9. The van der Waals surface area contributed by atoms with Gasteiger partial charge in [0.05, 0.1) is 5.69 Å². The summed E-state index contributed by atoms with van der Waals surface area (Å²) in [5.41, 5.74) is 2.54. The summed E-state index contributed by atoms with van der Waals surface area (Å²) in [7, 11) is 0. The van der Waals surface area contributed by atoms with Gasteiger partial charge in [-0.1, -0.05) is 13.0 Å². The first-order valence-electron chi connectivity index (χ1n) is 7.04. The summed E-state index contributed by atoms with van der Waals surface area (Å²) in [6.45, 7) is 7.57. The van der Waals surface area contributed by atoms with E-state index < -0.39 is 0 Å². The molecule has 1 heterocycles. The predicted octanol–water partition coefficient (Wildman–Crippen LogP) is 2.94. The van der Waals surface area contributed by atoms with Crippen LogP contribution in [0.4, 0.5) is 5.69 Å². The third kappa shape index (κ3) is 3.50. The molecule has 1 aromatic carbocycles. The zero-order chi connectivity index (χ0) is 13.8. The second-order valence-electron chi connectivity index (χ2n) is 5.27. The Labute approximate surface area is 124 Å². The van der Waals surface area contributed by atoms with Crippen LogP contribution < -0.4 is 10.2 Å². The van der Waals surface area contributed by atoms with Crippen molar-refractivity contribution < 1.29 is 5.11 Å². The average Bonchev–Trinajstić information content (AvgIpc) is 2.87. The van der Waals surface area contributed by atoms with Crippen molar-refractivity contribution in [2.75, 3.05) is 31.1 Å². The lowest BCUT2D eigenvalue weighted by atomic mass is 10.1. The first kappa shape index (κ1) is 14.8. The standard InChI is InChI=1S/C15H23BrN2O/c1-3-17-11(2)13-4-5-15(14(16)8-13)18-7-6-12(9-18)10-19/h4-5,8,11-12,17,19H,3,6-7,9-10H2,1-2H3. The van der Waals surface area contributed by atoms with Crippen LogP contribution in [0, 0.1) is 5.92 Å². The van der Waals surface area contributed by atoms with Gasteiger partial charge in [-0.2, -0.15) is 0 Å². The maximum Gasteiger partial charge on any atom is 0.0510 e. The van der Waals surface area contributed by atoms with Gasteiger partial charge in [-0.05, 0) is 53.5 Å². The second kappa shape index (κ2) is 6.73. The van der Waals surface area contributed by atoms with Gasteiger partial charge < -0.3 is 15.3 Å². The van der Waals surface area contributed by atoms with E-state index in [0.717, 1.165) is 30.5 Å². The predicted molar refractivity (Wildman–Crippen MR) is 83.6 cm³/mol. The van der Waals surface area contributed by atoms with E-state index in [0.29, 0.717) is 18.6 Å². The highest BCUT2D eigenvalue weighted by molar-refractivity contribution is 9.10. The molecule has 0 aromatic heterocycles. The summed E-state index contributed by atoms with van der Waals surface area (Å²) in [5.74, 6) is 0.423. The van der Waals surface area contributed by atoms with Gasteiger partial charge >= 0.3 is 0 Å². The van der Waals surface area contributed by atoms with E-state index in [1.165, 1.54) is 11.3 Å². The van der Waals surface area contributed by atoms with Crippen LogP contribution in [0.2, 0.25) is 0 Å². The highest BCUT2D eigenvalue weighted by Gasteiger charge is 2.23. The van der Waals surface area contributed by atoms with Crippen LogP contribution in [0.25, 0.3) is 0 Å². The smallest absolute Gasteiger partial charge is 0.0510 e. The third-order valence-electron chi connectivity index (χ3n) is 3.87. The van der Waals surface area contributed by atoms with Gasteiger partial charge in [-0.15, -0.1) is 0 Å². The average molecular weight is 327 g/mol. The Balaban J connectivity index is 2.11. The number of nitrogens with zero attached hydrogens (tertiary/aromatic N) is 1. The van der Waals surface area contributed by atoms with Crippen LogP contribution in [0.5, 0.6) is 0 Å². The van der Waals surface area contributed by atoms with E-state index in [9.17, 15) is 5.11 Å². The first-order valence-corrected chi connectivity index (χ1v) is 7.83. The molecule has 3 nitrogen and oxygen atoms in total. The van der Waals surface area contributed by atoms with Crippen molar-refractivity contribution in [3.63, 3.8) is 0 Å². The minimum absolute atomic E-state index is 0.295. The number of rotatable bonds is 5. The van der Waals surface area contributed by atoms with Crippen LogP contribution in [0.15, 0.2) is 22.7 Å². The molecule has 2 N–H and O–H groups in total. The summed E-state index contributed by atoms with van der Waals surface area (Å²) in [6.07, 6.45) is 1.08. The fourth-order valence-electron chi connectivity index (χ4n) is 2.67. The first-order chi connectivity index (χ1) is 9.15. The topological polar surface area (TPSA) is 35.5 Å². The SMILES string of the molecule is CCNC(C)c1ccc(N2CCC(CO)C2)c(Br)c1. The summed E-state index contributed by atoms with van der Waals surface area (Å²) in [5, 5.41) is 12.7. The molecular weight excluding hydrogens is 304 g/mol. The normalized spacial score (nSPS) is 20.8. The number of aliphatic hydroxyl groups is 1. The number of aliphatic hydroxyl groups excluding tert-OH is 1. The van der Waals surface area contributed by atoms with Crippen LogP contribution in [0.1, 0.15) is 31.9 Å². The highest BCUT2D eigenvalue weighted by Crippen LogP contribution is 2.32. The molecule has 1 fully saturated rings. The quantitative estimate of drug-likeness (QED) is 0.873. The lowest BCUT2D eigenvalue weighted by molar-refractivity contribution is 0.238. The van der Waals surface area contributed by atoms with Crippen LogP contribution in [0.3, 0.4) is 0 Å². The monoisotopic (exact) mass is 326 g/mol. The number of anilines is 1. The molecule has 1 saturated heterocycles. The molecule has 0 amide bonds. The van der Waals surface area contributed by atoms with E-state index in [-0.39, 0.29) is 0 Å². The van der Waals surface area contributed by atoms with Crippen LogP contribution in [-0.4, -0.2) is 31.3 Å². The molecule has 2 rings (SSSR count). The van der Waals surface area contributed by atoms with Gasteiger partial charge in [0.15, 0.2) is 0 Å². The van der Waals surface area contributed by atoms with E-state index in [2.05, 4.69) is 58.2 Å². The molecule has 0 aliphatic carbocycles. The van der Waals surface area contributed by atoms with Gasteiger partial charge in [0.25, 0.3) is 0 Å². The molecule has 2 unspecified atom stereocenters. The molecule has 0 spiro atoms. The number of nitrogens with one attached hydrogen (secondary N) is 1. The van der Waals surface area contributed by atoms with Gasteiger partial charge in [-0.3, -0.25) is 0 Å². The van der Waals surface area contributed by atoms with Crippen LogP contribution in [-0.2, 0) is 0 Å². The zero-order valence-electron chi connectivity index (χ0n) is 11.7. The Morgan fingerprint density at radius 2 is 2.32 bits per heavy atom. The van der Waals surface area contributed by atoms with Gasteiger partial charge in [0.1, 0.15) is 0 Å². The zero-order valence-corrected chi connectivity index (χ0v) is 13.3. The maximum atomic E-state index is 9.23. The lowest BCUT2D eigenvalue weighted by Gasteiger charge is -2.22. The van der Waals surface area contributed by atoms with E-state index in [1.54, 1.807) is 0 Å². The molecule has 1 aliphatic heterocycles. The molecule has 1 aliphatic rings. The fourth-order valence-corrected chi connectivity index (χ4v) is 3.32. The van der Waals surface area contributed by atoms with Gasteiger partial charge in [0, 0.05) is 36.1 Å². The Morgan fingerprint density at radius 1 is 1.53 bits per heavy atom. The molecule has 106 valence electrons. The minimum Gasteiger partial charge on any atom is -0.396 e. The summed E-state index contributed by atoms with van der Waals surface area (Å²) < 4.78 is 1.15. The fraction of sp³-hybridized carbons (Fsp3) is 0.600. The van der Waals surface area contributed by atoms with E-state index >= 15 is 0 Å². The number of hydrogen-bond acceptors (Lipinski definition) is 3. The van der Waals surface area contributed by atoms with Crippen molar-refractivity contribution in [2.45, 2.75) is 26.3 Å². The van der Waals surface area contributed by atoms with Crippen molar-refractivity contribution in [3.8, 4) is 0 Å². The molecular formula is C15H23BrN2O. The molecule has 19 heavy (non-hydrogen) atoms. The maximum absolute atomic E-state index is 9.23. The number of hydrogen-bond donors (Lipinski definition) is 2. The Bertz CT molecular complexity index is 425. The third-order valence-corrected chi connectivity index (χ3v) is 4.50. The second-order valence-corrected chi connectivity index (χ2v) is 6.13. The van der Waals surface area contributed by atoms with Crippen molar-refractivity contribution >= 4 is 21.6 Å². The Morgan fingerprint density at radius 3 is 2.89 bits per heavy atom. The number of benzene rings is 1. The molecule has 0 bridgehead atoms. The van der Waals surface area contributed by atoms with Gasteiger partial charge in [0.2, 0.25) is 0 Å². The molecule has 0 saturated carbocycles. The lowest BCUT2D eigenvalue weighted by Crippen LogP contribution is -2.21. The van der Waals surface area contributed by atoms with Crippen molar-refractivity contribution in [1.82, 2.24) is 5.32 Å². The van der Waals surface area contributed by atoms with E-state index in [1.807, 2.05) is 0 Å². The molecule has 1 aromatic rings. The Hall–Kier alpha value is -0.580. The molecule has 4 heteroatoms. The summed E-state index contributed by atoms with van der Waals surface area (Å²) in [6, 6.07) is 6.96. The summed E-state index contributed by atoms with van der Waals surface area (Å²) in [4.78, 5) is 2.35. The van der Waals surface area contributed by atoms with E-state index in [4.69, 9.17) is 0 Å². The minimum atomic E-state index is 0.295. The van der Waals surface area contributed by atoms with Crippen molar-refractivity contribution in [1.29, 1.82) is 0 Å². The largest absolute Gasteiger partial charge is 0.396 e. The van der Waals surface area contributed by atoms with Crippen molar-refractivity contribution in [3.05, 3.63) is 28.2 Å². The van der Waals surface area contributed by atoms with Crippen molar-refractivity contribution in [2.24, 2.45) is 5.92 Å². The Kier molecular flexibility index (Phi) is 5.25. The number of halogens is 1. The summed E-state index contributed by atoms with van der Waals surface area (Å²) >= 11 is 3.69. The van der Waals surface area contributed by atoms with Gasteiger partial charge in [-0.25, -0.2) is 0 Å². The van der Waals surface area contributed by atoms with Crippen LogP contribution >= 0.6 is 15.9 Å².